The number of aromatic nitrogens is 4. The van der Waals surface area contributed by atoms with Gasteiger partial charge in [0.25, 0.3) is 5.91 Å². The number of carbonyl (C=O) groups excluding carboxylic acids is 1. The Morgan fingerprint density at radius 2 is 1.85 bits per heavy atom. The second kappa shape index (κ2) is 8.35. The first-order chi connectivity index (χ1) is 12.6. The third kappa shape index (κ3) is 4.52. The minimum atomic E-state index is -0.00868. The third-order valence-electron chi connectivity index (χ3n) is 4.03. The average Bonchev–Trinajstić information content (AvgIpc) is 3.20. The quantitative estimate of drug-likeness (QED) is 0.651. The molecule has 0 aliphatic heterocycles. The summed E-state index contributed by atoms with van der Waals surface area (Å²) in [7, 11) is 4.01. The highest BCUT2D eigenvalue weighted by molar-refractivity contribution is 5.94. The standard InChI is InChI=1S/C19H22N6O/c1-23(2)11-12-24(14-16-7-4-3-5-8-16)19(26)17-9-6-10-18(13-17)25-15-20-21-22-25/h3-10,13,15H,11-12,14H2,1-2H3. The summed E-state index contributed by atoms with van der Waals surface area (Å²) in [6.45, 7) is 2.02. The van der Waals surface area contributed by atoms with Gasteiger partial charge in [-0.2, -0.15) is 0 Å². The Balaban J connectivity index is 1.83. The maximum Gasteiger partial charge on any atom is 0.254 e. The van der Waals surface area contributed by atoms with Gasteiger partial charge in [-0.15, -0.1) is 5.10 Å². The molecule has 0 spiro atoms. The molecule has 0 atom stereocenters. The molecule has 3 aromatic rings. The molecule has 0 bridgehead atoms. The Hall–Kier alpha value is -3.06. The van der Waals surface area contributed by atoms with Crippen molar-refractivity contribution in [1.82, 2.24) is 30.0 Å². The van der Waals surface area contributed by atoms with E-state index >= 15 is 0 Å². The lowest BCUT2D eigenvalue weighted by Gasteiger charge is -2.25. The molecule has 3 rings (SSSR count). The van der Waals surface area contributed by atoms with Crippen molar-refractivity contribution in [3.63, 3.8) is 0 Å². The maximum atomic E-state index is 13.1. The van der Waals surface area contributed by atoms with Crippen molar-refractivity contribution < 1.29 is 4.79 Å². The van der Waals surface area contributed by atoms with E-state index in [0.29, 0.717) is 18.7 Å². The van der Waals surface area contributed by atoms with Crippen LogP contribution in [0, 0.1) is 0 Å². The largest absolute Gasteiger partial charge is 0.333 e. The van der Waals surface area contributed by atoms with Gasteiger partial charge in [0.2, 0.25) is 0 Å². The van der Waals surface area contributed by atoms with E-state index in [4.69, 9.17) is 0 Å². The molecule has 2 aromatic carbocycles. The molecule has 0 N–H and O–H groups in total. The molecule has 0 saturated carbocycles. The highest BCUT2D eigenvalue weighted by Gasteiger charge is 2.17. The molecule has 7 nitrogen and oxygen atoms in total. The van der Waals surface area contributed by atoms with Gasteiger partial charge in [-0.3, -0.25) is 4.79 Å². The Kier molecular flexibility index (Phi) is 5.70. The Labute approximate surface area is 152 Å². The van der Waals surface area contributed by atoms with E-state index in [-0.39, 0.29) is 5.91 Å². The zero-order valence-corrected chi connectivity index (χ0v) is 15.0. The first kappa shape index (κ1) is 17.8. The highest BCUT2D eigenvalue weighted by atomic mass is 16.2. The number of benzene rings is 2. The van der Waals surface area contributed by atoms with E-state index in [9.17, 15) is 4.79 Å². The number of hydrogen-bond donors (Lipinski definition) is 0. The lowest BCUT2D eigenvalue weighted by Crippen LogP contribution is -2.36. The molecular formula is C19H22N6O. The van der Waals surface area contributed by atoms with E-state index in [2.05, 4.69) is 20.4 Å². The van der Waals surface area contributed by atoms with Crippen LogP contribution < -0.4 is 0 Å². The number of likely N-dealkylation sites (N-methyl/N-ethyl adjacent to an activating group) is 1. The number of amides is 1. The number of carbonyl (C=O) groups is 1. The molecule has 0 radical (unpaired) electrons. The Morgan fingerprint density at radius 1 is 1.04 bits per heavy atom. The average molecular weight is 350 g/mol. The number of nitrogens with zero attached hydrogens (tertiary/aromatic N) is 6. The number of rotatable bonds is 7. The lowest BCUT2D eigenvalue weighted by molar-refractivity contribution is 0.0732. The minimum absolute atomic E-state index is 0.00868. The highest BCUT2D eigenvalue weighted by Crippen LogP contribution is 2.14. The van der Waals surface area contributed by atoms with E-state index in [1.54, 1.807) is 0 Å². The Morgan fingerprint density at radius 3 is 2.54 bits per heavy atom. The van der Waals surface area contributed by atoms with Crippen molar-refractivity contribution in [2.45, 2.75) is 6.54 Å². The minimum Gasteiger partial charge on any atom is -0.333 e. The predicted molar refractivity (Wildman–Crippen MR) is 98.9 cm³/mol. The van der Waals surface area contributed by atoms with Crippen molar-refractivity contribution in [2.24, 2.45) is 0 Å². The Bertz CT molecular complexity index is 832. The summed E-state index contributed by atoms with van der Waals surface area (Å²) in [5, 5.41) is 11.2. The molecule has 0 fully saturated rings. The van der Waals surface area contributed by atoms with Gasteiger partial charge in [-0.25, -0.2) is 4.68 Å². The van der Waals surface area contributed by atoms with Crippen LogP contribution in [0.5, 0.6) is 0 Å². The van der Waals surface area contributed by atoms with E-state index < -0.39 is 0 Å². The summed E-state index contributed by atoms with van der Waals surface area (Å²) in [4.78, 5) is 17.1. The summed E-state index contributed by atoms with van der Waals surface area (Å²) in [5.74, 6) is -0.00868. The van der Waals surface area contributed by atoms with Crippen molar-refractivity contribution in [3.05, 3.63) is 72.1 Å². The van der Waals surface area contributed by atoms with Crippen LogP contribution in [0.25, 0.3) is 5.69 Å². The van der Waals surface area contributed by atoms with Gasteiger partial charge < -0.3 is 9.80 Å². The molecule has 7 heteroatoms. The van der Waals surface area contributed by atoms with E-state index in [0.717, 1.165) is 17.8 Å². The molecule has 0 unspecified atom stereocenters. The maximum absolute atomic E-state index is 13.1. The fourth-order valence-corrected chi connectivity index (χ4v) is 2.62. The molecule has 1 heterocycles. The fourth-order valence-electron chi connectivity index (χ4n) is 2.62. The van der Waals surface area contributed by atoms with Crippen LogP contribution in [0.1, 0.15) is 15.9 Å². The van der Waals surface area contributed by atoms with Gasteiger partial charge >= 0.3 is 0 Å². The predicted octanol–water partition coefficient (Wildman–Crippen LogP) is 1.87. The summed E-state index contributed by atoms with van der Waals surface area (Å²) < 4.78 is 1.54. The molecule has 1 aromatic heterocycles. The topological polar surface area (TPSA) is 67.2 Å². The second-order valence-corrected chi connectivity index (χ2v) is 6.32. The van der Waals surface area contributed by atoms with Crippen molar-refractivity contribution in [3.8, 4) is 5.69 Å². The van der Waals surface area contributed by atoms with Crippen molar-refractivity contribution in [1.29, 1.82) is 0 Å². The van der Waals surface area contributed by atoms with Crippen LogP contribution in [0.4, 0.5) is 0 Å². The molecular weight excluding hydrogens is 328 g/mol. The van der Waals surface area contributed by atoms with Gasteiger partial charge in [0, 0.05) is 25.2 Å². The van der Waals surface area contributed by atoms with Crippen molar-refractivity contribution >= 4 is 5.91 Å². The summed E-state index contributed by atoms with van der Waals surface area (Å²) >= 11 is 0. The third-order valence-corrected chi connectivity index (χ3v) is 4.03. The lowest BCUT2D eigenvalue weighted by atomic mass is 10.1. The molecule has 0 aliphatic carbocycles. The zero-order chi connectivity index (χ0) is 18.4. The summed E-state index contributed by atoms with van der Waals surface area (Å²) in [5.41, 5.74) is 2.48. The number of tetrazole rings is 1. The van der Waals surface area contributed by atoms with Crippen molar-refractivity contribution in [2.75, 3.05) is 27.2 Å². The summed E-state index contributed by atoms with van der Waals surface area (Å²) in [6.07, 6.45) is 1.51. The van der Waals surface area contributed by atoms with Gasteiger partial charge in [-0.05, 0) is 48.3 Å². The summed E-state index contributed by atoms with van der Waals surface area (Å²) in [6, 6.07) is 17.4. The smallest absolute Gasteiger partial charge is 0.254 e. The molecule has 26 heavy (non-hydrogen) atoms. The number of hydrogen-bond acceptors (Lipinski definition) is 5. The van der Waals surface area contributed by atoms with Crippen LogP contribution in [-0.4, -0.2) is 63.1 Å². The molecule has 134 valence electrons. The second-order valence-electron chi connectivity index (χ2n) is 6.32. The molecule has 0 aliphatic rings. The first-order valence-electron chi connectivity index (χ1n) is 8.45. The SMILES string of the molecule is CN(C)CCN(Cc1ccccc1)C(=O)c1cccc(-n2cnnn2)c1. The van der Waals surface area contributed by atoms with Crippen LogP contribution in [0.15, 0.2) is 60.9 Å². The van der Waals surface area contributed by atoms with Crippen LogP contribution in [-0.2, 0) is 6.54 Å². The molecule has 0 saturated heterocycles. The fraction of sp³-hybridized carbons (Fsp3) is 0.263. The normalized spacial score (nSPS) is 10.9. The van der Waals surface area contributed by atoms with Crippen LogP contribution >= 0.6 is 0 Å². The van der Waals surface area contributed by atoms with E-state index in [1.165, 1.54) is 11.0 Å². The van der Waals surface area contributed by atoms with Gasteiger partial charge in [0.15, 0.2) is 0 Å². The monoisotopic (exact) mass is 350 g/mol. The van der Waals surface area contributed by atoms with Crippen LogP contribution in [0.2, 0.25) is 0 Å². The van der Waals surface area contributed by atoms with Crippen LogP contribution in [0.3, 0.4) is 0 Å². The van der Waals surface area contributed by atoms with Gasteiger partial charge in [-0.1, -0.05) is 36.4 Å². The zero-order valence-electron chi connectivity index (χ0n) is 15.0. The van der Waals surface area contributed by atoms with Gasteiger partial charge in [0.1, 0.15) is 6.33 Å². The van der Waals surface area contributed by atoms with Gasteiger partial charge in [0.05, 0.1) is 5.69 Å². The molecule has 1 amide bonds. The first-order valence-corrected chi connectivity index (χ1v) is 8.45. The van der Waals surface area contributed by atoms with E-state index in [1.807, 2.05) is 73.6 Å².